The van der Waals surface area contributed by atoms with Gasteiger partial charge in [0.25, 0.3) is 0 Å². The summed E-state index contributed by atoms with van der Waals surface area (Å²) in [5.74, 6) is 0. The van der Waals surface area contributed by atoms with Crippen molar-refractivity contribution in [2.45, 2.75) is 26.8 Å². The molecule has 4 aromatic rings. The summed E-state index contributed by atoms with van der Waals surface area (Å²) >= 11 is 0. The summed E-state index contributed by atoms with van der Waals surface area (Å²) in [6, 6.07) is 14.7. The van der Waals surface area contributed by atoms with Crippen molar-refractivity contribution in [1.29, 1.82) is 5.26 Å². The Morgan fingerprint density at radius 2 is 1.97 bits per heavy atom. The van der Waals surface area contributed by atoms with E-state index in [1.54, 1.807) is 6.20 Å². The van der Waals surface area contributed by atoms with Gasteiger partial charge >= 0.3 is 0 Å². The number of aromatic amines is 1. The standard InChI is InChI=1S/C30H33N7/c1-21-26-12-13-32-29(26)11-10-28(21)35-30-23(18-31)19-33-22(2)27(30)9-8-24-6-4-7-25(34-24)20-37-15-5-14-36(3)16-17-37/h4,6-13,19,32H,5,14-17,20H2,1-3H3,(H,33,35). The number of fused-ring (bicyclic) bond motifs is 1. The van der Waals surface area contributed by atoms with Gasteiger partial charge in [-0.05, 0) is 88.5 Å². The van der Waals surface area contributed by atoms with Crippen LogP contribution < -0.4 is 5.32 Å². The monoisotopic (exact) mass is 491 g/mol. The van der Waals surface area contributed by atoms with E-state index in [0.29, 0.717) is 5.56 Å². The number of pyridine rings is 2. The Morgan fingerprint density at radius 3 is 2.84 bits per heavy atom. The Bertz CT molecular complexity index is 1480. The Labute approximate surface area is 218 Å². The van der Waals surface area contributed by atoms with Gasteiger partial charge in [0.1, 0.15) is 6.07 Å². The second kappa shape index (κ2) is 11.0. The quantitative estimate of drug-likeness (QED) is 0.371. The highest BCUT2D eigenvalue weighted by molar-refractivity contribution is 5.90. The zero-order valence-electron chi connectivity index (χ0n) is 21.8. The molecular formula is C30H33N7. The molecule has 1 fully saturated rings. The van der Waals surface area contributed by atoms with Gasteiger partial charge in [0.15, 0.2) is 0 Å². The van der Waals surface area contributed by atoms with Gasteiger partial charge in [-0.2, -0.15) is 5.26 Å². The number of nitriles is 1. The molecule has 0 aliphatic carbocycles. The number of rotatable bonds is 6. The maximum Gasteiger partial charge on any atom is 0.103 e. The van der Waals surface area contributed by atoms with Crippen LogP contribution in [-0.4, -0.2) is 58.0 Å². The Hall–Kier alpha value is -3.99. The summed E-state index contributed by atoms with van der Waals surface area (Å²) in [6.07, 6.45) is 8.79. The third-order valence-electron chi connectivity index (χ3n) is 7.15. The van der Waals surface area contributed by atoms with E-state index >= 15 is 0 Å². The minimum absolute atomic E-state index is 0.506. The zero-order chi connectivity index (χ0) is 25.8. The van der Waals surface area contributed by atoms with Gasteiger partial charge in [-0.25, -0.2) is 0 Å². The third kappa shape index (κ3) is 5.56. The fourth-order valence-electron chi connectivity index (χ4n) is 4.93. The van der Waals surface area contributed by atoms with Gasteiger partial charge in [-0.1, -0.05) is 6.07 Å². The molecule has 1 aliphatic heterocycles. The van der Waals surface area contributed by atoms with Crippen LogP contribution >= 0.6 is 0 Å². The molecule has 0 amide bonds. The first-order valence-electron chi connectivity index (χ1n) is 12.8. The lowest BCUT2D eigenvalue weighted by molar-refractivity contribution is 0.266. The van der Waals surface area contributed by atoms with Crippen molar-refractivity contribution in [3.8, 4) is 6.07 Å². The van der Waals surface area contributed by atoms with Crippen LogP contribution in [0.1, 0.15) is 40.2 Å². The molecule has 7 heteroatoms. The minimum atomic E-state index is 0.506. The fraction of sp³-hybridized carbons (Fsp3) is 0.300. The molecular weight excluding hydrogens is 458 g/mol. The Balaban J connectivity index is 1.42. The number of hydrogen-bond acceptors (Lipinski definition) is 6. The lowest BCUT2D eigenvalue weighted by Gasteiger charge is -2.19. The van der Waals surface area contributed by atoms with Crippen LogP contribution in [0.15, 0.2) is 48.8 Å². The molecule has 1 aliphatic rings. The van der Waals surface area contributed by atoms with Gasteiger partial charge in [0.05, 0.1) is 22.6 Å². The number of H-pyrrole nitrogens is 1. The lowest BCUT2D eigenvalue weighted by atomic mass is 10.0. The maximum absolute atomic E-state index is 9.85. The molecule has 0 spiro atoms. The molecule has 1 aromatic carbocycles. The smallest absolute Gasteiger partial charge is 0.103 e. The molecule has 188 valence electrons. The topological polar surface area (TPSA) is 83.9 Å². The average Bonchev–Trinajstić information content (AvgIpc) is 3.29. The van der Waals surface area contributed by atoms with Crippen molar-refractivity contribution in [3.63, 3.8) is 0 Å². The summed E-state index contributed by atoms with van der Waals surface area (Å²) < 4.78 is 0. The van der Waals surface area contributed by atoms with Crippen LogP contribution in [0.25, 0.3) is 23.1 Å². The average molecular weight is 492 g/mol. The van der Waals surface area contributed by atoms with E-state index in [1.165, 1.54) is 6.42 Å². The number of nitrogens with zero attached hydrogens (tertiary/aromatic N) is 5. The van der Waals surface area contributed by atoms with E-state index in [1.807, 2.05) is 37.4 Å². The fourth-order valence-corrected chi connectivity index (χ4v) is 4.93. The van der Waals surface area contributed by atoms with Gasteiger partial charge in [-0.15, -0.1) is 0 Å². The van der Waals surface area contributed by atoms with Gasteiger partial charge in [-0.3, -0.25) is 14.9 Å². The first kappa shape index (κ1) is 24.7. The zero-order valence-corrected chi connectivity index (χ0v) is 21.8. The number of anilines is 2. The molecule has 1 saturated heterocycles. The lowest BCUT2D eigenvalue weighted by Crippen LogP contribution is -2.28. The van der Waals surface area contributed by atoms with Crippen molar-refractivity contribution < 1.29 is 0 Å². The molecule has 3 aromatic heterocycles. The van der Waals surface area contributed by atoms with E-state index in [-0.39, 0.29) is 0 Å². The van der Waals surface area contributed by atoms with Crippen LogP contribution in [0.5, 0.6) is 0 Å². The van der Waals surface area contributed by atoms with E-state index in [0.717, 1.165) is 83.2 Å². The number of hydrogen-bond donors (Lipinski definition) is 2. The highest BCUT2D eigenvalue weighted by atomic mass is 15.2. The third-order valence-corrected chi connectivity index (χ3v) is 7.15. The Kier molecular flexibility index (Phi) is 7.31. The van der Waals surface area contributed by atoms with Gasteiger partial charge in [0.2, 0.25) is 0 Å². The molecule has 37 heavy (non-hydrogen) atoms. The predicted molar refractivity (Wildman–Crippen MR) is 151 cm³/mol. The molecule has 0 radical (unpaired) electrons. The largest absolute Gasteiger partial charge is 0.361 e. The summed E-state index contributed by atoms with van der Waals surface area (Å²) in [4.78, 5) is 17.5. The molecule has 0 atom stereocenters. The van der Waals surface area contributed by atoms with Crippen molar-refractivity contribution in [2.75, 3.05) is 38.5 Å². The van der Waals surface area contributed by atoms with Crippen molar-refractivity contribution in [3.05, 3.63) is 82.6 Å². The number of likely N-dealkylation sites (N-methyl/N-ethyl adjacent to an activating group) is 1. The van der Waals surface area contributed by atoms with E-state index in [2.05, 4.69) is 69.4 Å². The number of aryl methyl sites for hydroxylation is 2. The summed E-state index contributed by atoms with van der Waals surface area (Å²) in [6.45, 7) is 9.31. The van der Waals surface area contributed by atoms with Crippen molar-refractivity contribution in [2.24, 2.45) is 0 Å². The van der Waals surface area contributed by atoms with Crippen LogP contribution in [0.4, 0.5) is 11.4 Å². The van der Waals surface area contributed by atoms with Crippen LogP contribution in [0.3, 0.4) is 0 Å². The highest BCUT2D eigenvalue weighted by Gasteiger charge is 2.15. The van der Waals surface area contributed by atoms with E-state index in [9.17, 15) is 5.26 Å². The van der Waals surface area contributed by atoms with Gasteiger partial charge < -0.3 is 15.2 Å². The predicted octanol–water partition coefficient (Wildman–Crippen LogP) is 5.50. The maximum atomic E-state index is 9.85. The molecule has 2 N–H and O–H groups in total. The van der Waals surface area contributed by atoms with E-state index in [4.69, 9.17) is 4.98 Å². The summed E-state index contributed by atoms with van der Waals surface area (Å²) in [7, 11) is 2.19. The normalized spacial score (nSPS) is 15.2. The first-order chi connectivity index (χ1) is 18.0. The highest BCUT2D eigenvalue weighted by Crippen LogP contribution is 2.32. The van der Waals surface area contributed by atoms with Crippen LogP contribution in [0, 0.1) is 25.2 Å². The van der Waals surface area contributed by atoms with Gasteiger partial charge in [0, 0.05) is 59.9 Å². The van der Waals surface area contributed by atoms with E-state index < -0.39 is 0 Å². The number of nitrogens with one attached hydrogen (secondary N) is 2. The molecule has 0 bridgehead atoms. The van der Waals surface area contributed by atoms with Crippen molar-refractivity contribution in [1.82, 2.24) is 24.8 Å². The Morgan fingerprint density at radius 1 is 1.08 bits per heavy atom. The summed E-state index contributed by atoms with van der Waals surface area (Å²) in [5.41, 5.74) is 8.14. The molecule has 0 saturated carbocycles. The molecule has 5 rings (SSSR count). The summed E-state index contributed by atoms with van der Waals surface area (Å²) in [5, 5.41) is 14.5. The second-order valence-corrected chi connectivity index (χ2v) is 9.78. The number of benzene rings is 1. The minimum Gasteiger partial charge on any atom is -0.361 e. The number of aromatic nitrogens is 3. The molecule has 7 nitrogen and oxygen atoms in total. The second-order valence-electron chi connectivity index (χ2n) is 9.78. The van der Waals surface area contributed by atoms with Crippen LogP contribution in [0.2, 0.25) is 0 Å². The SMILES string of the molecule is Cc1ncc(C#N)c(Nc2ccc3[nH]ccc3c2C)c1C=Cc1cccc(CN2CCCN(C)CC2)n1. The van der Waals surface area contributed by atoms with Crippen LogP contribution in [-0.2, 0) is 6.54 Å². The first-order valence-corrected chi connectivity index (χ1v) is 12.8. The molecule has 0 unspecified atom stereocenters. The van der Waals surface area contributed by atoms with Crippen molar-refractivity contribution >= 4 is 34.4 Å². The molecule has 4 heterocycles.